The molecule has 2 aromatic rings. The van der Waals surface area contributed by atoms with Crippen molar-refractivity contribution in [3.63, 3.8) is 0 Å². The molecule has 162 valence electrons. The molecule has 2 aromatic carbocycles. The van der Waals surface area contributed by atoms with Crippen LogP contribution >= 0.6 is 11.8 Å². The Kier molecular flexibility index (Phi) is 9.44. The molecule has 0 saturated carbocycles. The number of amides is 2. The van der Waals surface area contributed by atoms with Crippen LogP contribution in [0.2, 0.25) is 0 Å². The van der Waals surface area contributed by atoms with Crippen LogP contribution in [0.4, 0.5) is 0 Å². The van der Waals surface area contributed by atoms with Crippen LogP contribution in [-0.2, 0) is 16.1 Å². The number of aryl methyl sites for hydroxylation is 2. The molecule has 0 spiro atoms. The highest BCUT2D eigenvalue weighted by Crippen LogP contribution is 2.21. The number of hydrogen-bond acceptors (Lipinski definition) is 3. The average molecular weight is 427 g/mol. The monoisotopic (exact) mass is 426 g/mol. The molecule has 1 N–H and O–H groups in total. The van der Waals surface area contributed by atoms with Gasteiger partial charge in [-0.1, -0.05) is 55.8 Å². The van der Waals surface area contributed by atoms with E-state index in [4.69, 9.17) is 0 Å². The zero-order valence-electron chi connectivity index (χ0n) is 18.8. The van der Waals surface area contributed by atoms with Crippen molar-refractivity contribution < 1.29 is 9.59 Å². The van der Waals surface area contributed by atoms with E-state index in [1.54, 1.807) is 16.7 Å². The molecule has 30 heavy (non-hydrogen) atoms. The van der Waals surface area contributed by atoms with E-state index >= 15 is 0 Å². The summed E-state index contributed by atoms with van der Waals surface area (Å²) in [5.74, 6) is 0.960. The molecular weight excluding hydrogens is 392 g/mol. The largest absolute Gasteiger partial charge is 0.354 e. The fraction of sp³-hybridized carbons (Fsp3) is 0.440. The Morgan fingerprint density at radius 2 is 1.67 bits per heavy atom. The molecule has 0 aromatic heterocycles. The number of rotatable bonds is 10. The Balaban J connectivity index is 2.06. The van der Waals surface area contributed by atoms with Crippen molar-refractivity contribution in [1.29, 1.82) is 0 Å². The summed E-state index contributed by atoms with van der Waals surface area (Å²) >= 11 is 1.67. The van der Waals surface area contributed by atoms with E-state index in [1.807, 2.05) is 38.1 Å². The minimum Gasteiger partial charge on any atom is -0.354 e. The Labute approximate surface area is 185 Å². The van der Waals surface area contributed by atoms with Gasteiger partial charge in [-0.3, -0.25) is 9.59 Å². The third-order valence-electron chi connectivity index (χ3n) is 5.06. The summed E-state index contributed by atoms with van der Waals surface area (Å²) in [5, 5.41) is 2.97. The first-order valence-corrected chi connectivity index (χ1v) is 11.6. The van der Waals surface area contributed by atoms with Gasteiger partial charge < -0.3 is 10.2 Å². The van der Waals surface area contributed by atoms with Crippen LogP contribution in [0.5, 0.6) is 0 Å². The molecule has 2 rings (SSSR count). The van der Waals surface area contributed by atoms with E-state index in [0.29, 0.717) is 31.2 Å². The predicted molar refractivity (Wildman–Crippen MR) is 126 cm³/mol. The first-order chi connectivity index (χ1) is 14.3. The van der Waals surface area contributed by atoms with Crippen molar-refractivity contribution in [1.82, 2.24) is 10.2 Å². The maximum atomic E-state index is 13.1. The number of carbonyl (C=O) groups is 2. The first kappa shape index (κ1) is 24.0. The van der Waals surface area contributed by atoms with Crippen LogP contribution in [0.15, 0.2) is 53.4 Å². The van der Waals surface area contributed by atoms with Crippen molar-refractivity contribution in [3.05, 3.63) is 65.2 Å². The van der Waals surface area contributed by atoms with E-state index in [2.05, 4.69) is 50.4 Å². The SMILES string of the molecule is Cc1ccc(SCCC(=O)N(Cc2ccccc2C)[C@H](C)C(=O)NCC(C)C)cc1. The van der Waals surface area contributed by atoms with Crippen LogP contribution in [-0.4, -0.2) is 35.1 Å². The van der Waals surface area contributed by atoms with Gasteiger partial charge in [0.05, 0.1) is 0 Å². The second kappa shape index (κ2) is 11.8. The van der Waals surface area contributed by atoms with Crippen molar-refractivity contribution >= 4 is 23.6 Å². The Hall–Kier alpha value is -2.27. The van der Waals surface area contributed by atoms with Gasteiger partial charge in [-0.15, -0.1) is 11.8 Å². The molecule has 2 amide bonds. The molecular formula is C25H34N2O2S. The normalized spacial score (nSPS) is 11.9. The number of nitrogens with zero attached hydrogens (tertiary/aromatic N) is 1. The highest BCUT2D eigenvalue weighted by molar-refractivity contribution is 7.99. The Morgan fingerprint density at radius 1 is 1.00 bits per heavy atom. The fourth-order valence-electron chi connectivity index (χ4n) is 3.04. The van der Waals surface area contributed by atoms with Gasteiger partial charge in [-0.05, 0) is 49.9 Å². The molecule has 0 heterocycles. The molecule has 0 aliphatic rings. The lowest BCUT2D eigenvalue weighted by Crippen LogP contribution is -2.48. The number of benzene rings is 2. The van der Waals surface area contributed by atoms with Crippen LogP contribution in [0.25, 0.3) is 0 Å². The molecule has 1 atom stereocenters. The average Bonchev–Trinajstić information content (AvgIpc) is 2.72. The zero-order valence-corrected chi connectivity index (χ0v) is 19.6. The van der Waals surface area contributed by atoms with Crippen molar-refractivity contribution in [2.75, 3.05) is 12.3 Å². The number of carbonyl (C=O) groups excluding carboxylic acids is 2. The maximum absolute atomic E-state index is 13.1. The van der Waals surface area contributed by atoms with Gasteiger partial charge >= 0.3 is 0 Å². The Morgan fingerprint density at radius 3 is 2.30 bits per heavy atom. The summed E-state index contributed by atoms with van der Waals surface area (Å²) < 4.78 is 0. The third-order valence-corrected chi connectivity index (χ3v) is 6.07. The van der Waals surface area contributed by atoms with Crippen LogP contribution in [0.3, 0.4) is 0 Å². The van der Waals surface area contributed by atoms with Crippen molar-refractivity contribution in [2.45, 2.75) is 58.5 Å². The van der Waals surface area contributed by atoms with Crippen LogP contribution in [0, 0.1) is 19.8 Å². The van der Waals surface area contributed by atoms with Gasteiger partial charge in [0.15, 0.2) is 0 Å². The molecule has 0 saturated heterocycles. The van der Waals surface area contributed by atoms with Gasteiger partial charge in [-0.2, -0.15) is 0 Å². The Bertz CT molecular complexity index is 833. The molecule has 0 bridgehead atoms. The van der Waals surface area contributed by atoms with Gasteiger partial charge in [0.2, 0.25) is 11.8 Å². The number of nitrogens with one attached hydrogen (secondary N) is 1. The predicted octanol–water partition coefficient (Wildman–Crippen LogP) is 4.98. The second-order valence-corrected chi connectivity index (χ2v) is 9.34. The molecule has 0 radical (unpaired) electrons. The van der Waals surface area contributed by atoms with E-state index in [-0.39, 0.29) is 11.8 Å². The van der Waals surface area contributed by atoms with E-state index < -0.39 is 6.04 Å². The zero-order chi connectivity index (χ0) is 22.1. The quantitative estimate of drug-likeness (QED) is 0.546. The molecule has 0 fully saturated rings. The van der Waals surface area contributed by atoms with Gasteiger partial charge in [0.25, 0.3) is 0 Å². The summed E-state index contributed by atoms with van der Waals surface area (Å²) in [5.41, 5.74) is 3.42. The molecule has 0 aliphatic carbocycles. The summed E-state index contributed by atoms with van der Waals surface area (Å²) in [6, 6.07) is 15.8. The smallest absolute Gasteiger partial charge is 0.242 e. The van der Waals surface area contributed by atoms with Gasteiger partial charge in [0.1, 0.15) is 6.04 Å². The highest BCUT2D eigenvalue weighted by Gasteiger charge is 2.26. The minimum absolute atomic E-state index is 0.00469. The fourth-order valence-corrected chi connectivity index (χ4v) is 3.88. The minimum atomic E-state index is -0.514. The lowest BCUT2D eigenvalue weighted by Gasteiger charge is -2.29. The molecule has 4 nitrogen and oxygen atoms in total. The standard InChI is InChI=1S/C25H34N2O2S/c1-18(2)16-26-25(29)21(5)27(17-22-9-7-6-8-20(22)4)24(28)14-15-30-23-12-10-19(3)11-13-23/h6-13,18,21H,14-17H2,1-5H3,(H,26,29)/t21-/m1/s1. The lowest BCUT2D eigenvalue weighted by molar-refractivity contribution is -0.140. The summed E-state index contributed by atoms with van der Waals surface area (Å²) in [6.07, 6.45) is 0.395. The van der Waals surface area contributed by atoms with E-state index in [9.17, 15) is 9.59 Å². The van der Waals surface area contributed by atoms with Crippen molar-refractivity contribution in [3.8, 4) is 0 Å². The highest BCUT2D eigenvalue weighted by atomic mass is 32.2. The summed E-state index contributed by atoms with van der Waals surface area (Å²) in [7, 11) is 0. The topological polar surface area (TPSA) is 49.4 Å². The molecule has 0 unspecified atom stereocenters. The van der Waals surface area contributed by atoms with Crippen LogP contribution < -0.4 is 5.32 Å². The van der Waals surface area contributed by atoms with Gasteiger partial charge in [-0.25, -0.2) is 0 Å². The number of thioether (sulfide) groups is 1. The lowest BCUT2D eigenvalue weighted by atomic mass is 10.1. The van der Waals surface area contributed by atoms with E-state index in [0.717, 1.165) is 16.0 Å². The van der Waals surface area contributed by atoms with Gasteiger partial charge in [0, 0.05) is 30.2 Å². The third kappa shape index (κ3) is 7.52. The maximum Gasteiger partial charge on any atom is 0.242 e. The second-order valence-electron chi connectivity index (χ2n) is 8.17. The first-order valence-electron chi connectivity index (χ1n) is 10.6. The van der Waals surface area contributed by atoms with Crippen molar-refractivity contribution in [2.24, 2.45) is 5.92 Å². The summed E-state index contributed by atoms with van der Waals surface area (Å²) in [4.78, 5) is 28.7. The van der Waals surface area contributed by atoms with E-state index in [1.165, 1.54) is 5.56 Å². The molecule has 5 heteroatoms. The number of hydrogen-bond donors (Lipinski definition) is 1. The summed E-state index contributed by atoms with van der Waals surface area (Å²) in [6.45, 7) is 11.1. The van der Waals surface area contributed by atoms with Crippen LogP contribution in [0.1, 0.15) is 43.9 Å². The molecule has 0 aliphatic heterocycles.